The summed E-state index contributed by atoms with van der Waals surface area (Å²) in [4.78, 5) is 0. The minimum absolute atomic E-state index is 0.449. The first-order valence-electron chi connectivity index (χ1n) is 4.11. The van der Waals surface area contributed by atoms with Crippen LogP contribution in [-0.2, 0) is 0 Å². The lowest BCUT2D eigenvalue weighted by molar-refractivity contribution is 0.582. The van der Waals surface area contributed by atoms with Gasteiger partial charge >= 0.3 is 0 Å². The maximum atomic E-state index is 12.8. The lowest BCUT2D eigenvalue weighted by atomic mass is 10.1. The van der Waals surface area contributed by atoms with Crippen LogP contribution in [0.4, 0.5) is 8.78 Å². The molecule has 0 radical (unpaired) electrons. The summed E-state index contributed by atoms with van der Waals surface area (Å²) in [6, 6.07) is 3.35. The molecule has 0 saturated heterocycles. The fourth-order valence-electron chi connectivity index (χ4n) is 1.25. The van der Waals surface area contributed by atoms with Gasteiger partial charge in [0.2, 0.25) is 0 Å². The molecule has 0 aliphatic heterocycles. The molecular weight excluding hydrogens is 172 g/mol. The third-order valence-corrected chi connectivity index (χ3v) is 2.05. The third kappa shape index (κ3) is 1.69. The average Bonchev–Trinajstić information content (AvgIpc) is 2.83. The fourth-order valence-corrected chi connectivity index (χ4v) is 1.25. The molecule has 68 valence electrons. The summed E-state index contributed by atoms with van der Waals surface area (Å²) in [6.45, 7) is 0. The van der Waals surface area contributed by atoms with Crippen molar-refractivity contribution in [1.82, 2.24) is 0 Å². The first kappa shape index (κ1) is 8.23. The molecule has 2 rings (SSSR count). The monoisotopic (exact) mass is 181 g/mol. The van der Waals surface area contributed by atoms with Gasteiger partial charge in [-0.05, 0) is 30.5 Å². The number of hydrogen-bond acceptors (Lipinski definition) is 1. The van der Waals surface area contributed by atoms with Gasteiger partial charge in [-0.15, -0.1) is 0 Å². The Hall–Kier alpha value is -1.38. The van der Waals surface area contributed by atoms with Gasteiger partial charge < -0.3 is 5.73 Å². The Morgan fingerprint density at radius 3 is 2.08 bits per heavy atom. The van der Waals surface area contributed by atoms with Crippen LogP contribution in [0, 0.1) is 11.6 Å². The minimum atomic E-state index is -0.584. The highest BCUT2D eigenvalue weighted by Gasteiger charge is 2.17. The van der Waals surface area contributed by atoms with E-state index in [0.717, 1.165) is 24.5 Å². The van der Waals surface area contributed by atoms with Crippen LogP contribution in [0.5, 0.6) is 0 Å². The van der Waals surface area contributed by atoms with Gasteiger partial charge in [-0.2, -0.15) is 0 Å². The maximum absolute atomic E-state index is 12.8. The fraction of sp³-hybridized carbons (Fsp3) is 0.200. The Morgan fingerprint density at radius 2 is 1.62 bits per heavy atom. The number of benzene rings is 1. The number of hydrogen-bond donors (Lipinski definition) is 1. The second-order valence-corrected chi connectivity index (χ2v) is 3.18. The number of allylic oxidation sites excluding steroid dienone is 1. The van der Waals surface area contributed by atoms with E-state index < -0.39 is 11.6 Å². The summed E-state index contributed by atoms with van der Waals surface area (Å²) >= 11 is 0. The highest BCUT2D eigenvalue weighted by Crippen LogP contribution is 2.33. The van der Waals surface area contributed by atoms with Crippen molar-refractivity contribution in [1.29, 1.82) is 0 Å². The molecule has 1 aliphatic carbocycles. The summed E-state index contributed by atoms with van der Waals surface area (Å²) < 4.78 is 25.5. The van der Waals surface area contributed by atoms with Gasteiger partial charge in [0.1, 0.15) is 11.6 Å². The van der Waals surface area contributed by atoms with Crippen molar-refractivity contribution in [3.05, 3.63) is 41.0 Å². The van der Waals surface area contributed by atoms with Crippen LogP contribution in [0.3, 0.4) is 0 Å². The topological polar surface area (TPSA) is 26.0 Å². The van der Waals surface area contributed by atoms with Crippen molar-refractivity contribution in [3.63, 3.8) is 0 Å². The summed E-state index contributed by atoms with van der Waals surface area (Å²) in [5.74, 6) is -1.17. The van der Waals surface area contributed by atoms with Crippen LogP contribution in [0.15, 0.2) is 23.8 Å². The lowest BCUT2D eigenvalue weighted by Gasteiger charge is -2.01. The molecule has 1 saturated carbocycles. The van der Waals surface area contributed by atoms with Crippen molar-refractivity contribution >= 4 is 5.70 Å². The Kier molecular flexibility index (Phi) is 1.79. The van der Waals surface area contributed by atoms with Gasteiger partial charge in [-0.1, -0.05) is 0 Å². The zero-order chi connectivity index (χ0) is 9.42. The molecule has 1 nitrogen and oxygen atoms in total. The number of rotatable bonds is 1. The molecule has 0 heterocycles. The summed E-state index contributed by atoms with van der Waals surface area (Å²) in [5.41, 5.74) is 7.75. The molecule has 1 aromatic rings. The molecule has 1 aliphatic rings. The van der Waals surface area contributed by atoms with E-state index in [4.69, 9.17) is 5.73 Å². The van der Waals surface area contributed by atoms with Gasteiger partial charge in [0.15, 0.2) is 0 Å². The van der Waals surface area contributed by atoms with Crippen molar-refractivity contribution in [2.24, 2.45) is 5.73 Å². The van der Waals surface area contributed by atoms with Gasteiger partial charge in [-0.3, -0.25) is 0 Å². The van der Waals surface area contributed by atoms with Crippen LogP contribution in [0.2, 0.25) is 0 Å². The first-order valence-corrected chi connectivity index (χ1v) is 4.11. The van der Waals surface area contributed by atoms with Crippen molar-refractivity contribution in [2.75, 3.05) is 0 Å². The van der Waals surface area contributed by atoms with E-state index in [-0.39, 0.29) is 0 Å². The summed E-state index contributed by atoms with van der Waals surface area (Å²) in [5, 5.41) is 0. The van der Waals surface area contributed by atoms with E-state index in [1.165, 1.54) is 12.1 Å². The molecule has 0 aromatic heterocycles. The standard InChI is InChI=1S/C10H9F2N/c11-8-3-7(4-9(12)5-8)10(13)6-1-2-6/h3-5H,1-2,13H2. The number of halogens is 2. The molecule has 0 unspecified atom stereocenters. The zero-order valence-corrected chi connectivity index (χ0v) is 6.98. The molecule has 0 atom stereocenters. The van der Waals surface area contributed by atoms with Crippen LogP contribution in [0.25, 0.3) is 5.70 Å². The van der Waals surface area contributed by atoms with E-state index in [1.807, 2.05) is 0 Å². The molecular formula is C10H9F2N. The molecule has 3 heteroatoms. The van der Waals surface area contributed by atoms with Gasteiger partial charge in [0, 0.05) is 17.3 Å². The average molecular weight is 181 g/mol. The van der Waals surface area contributed by atoms with Gasteiger partial charge in [0.25, 0.3) is 0 Å². The van der Waals surface area contributed by atoms with Crippen LogP contribution < -0.4 is 5.73 Å². The van der Waals surface area contributed by atoms with E-state index >= 15 is 0 Å². The normalized spacial score (nSPS) is 14.5. The molecule has 1 fully saturated rings. The molecule has 13 heavy (non-hydrogen) atoms. The SMILES string of the molecule is NC(=C1CC1)c1cc(F)cc(F)c1. The van der Waals surface area contributed by atoms with E-state index in [1.54, 1.807) is 0 Å². The number of nitrogens with two attached hydrogens (primary N) is 1. The second kappa shape index (κ2) is 2.83. The summed E-state index contributed by atoms with van der Waals surface area (Å²) in [6.07, 6.45) is 1.90. The lowest BCUT2D eigenvalue weighted by Crippen LogP contribution is -1.97. The molecule has 0 bridgehead atoms. The highest BCUT2D eigenvalue weighted by molar-refractivity contribution is 5.68. The second-order valence-electron chi connectivity index (χ2n) is 3.18. The first-order chi connectivity index (χ1) is 6.16. The quantitative estimate of drug-likeness (QED) is 0.707. The molecule has 1 aromatic carbocycles. The predicted octanol–water partition coefficient (Wildman–Crippen LogP) is 2.43. The molecule has 2 N–H and O–H groups in total. The Bertz CT molecular complexity index is 356. The van der Waals surface area contributed by atoms with Crippen LogP contribution in [-0.4, -0.2) is 0 Å². The van der Waals surface area contributed by atoms with Crippen molar-refractivity contribution in [3.8, 4) is 0 Å². The van der Waals surface area contributed by atoms with Crippen molar-refractivity contribution in [2.45, 2.75) is 12.8 Å². The largest absolute Gasteiger partial charge is 0.398 e. The van der Waals surface area contributed by atoms with Crippen molar-refractivity contribution < 1.29 is 8.78 Å². The Labute approximate surface area is 74.9 Å². The molecule has 0 spiro atoms. The summed E-state index contributed by atoms with van der Waals surface area (Å²) in [7, 11) is 0. The van der Waals surface area contributed by atoms with Crippen LogP contribution >= 0.6 is 0 Å². The van der Waals surface area contributed by atoms with E-state index in [0.29, 0.717) is 11.3 Å². The minimum Gasteiger partial charge on any atom is -0.398 e. The zero-order valence-electron chi connectivity index (χ0n) is 6.98. The Balaban J connectivity index is 2.46. The van der Waals surface area contributed by atoms with Crippen LogP contribution in [0.1, 0.15) is 18.4 Å². The smallest absolute Gasteiger partial charge is 0.126 e. The highest BCUT2D eigenvalue weighted by atomic mass is 19.1. The third-order valence-electron chi connectivity index (χ3n) is 2.05. The van der Waals surface area contributed by atoms with Gasteiger partial charge in [0.05, 0.1) is 0 Å². The maximum Gasteiger partial charge on any atom is 0.126 e. The Morgan fingerprint density at radius 1 is 1.08 bits per heavy atom. The van der Waals surface area contributed by atoms with E-state index in [9.17, 15) is 8.78 Å². The van der Waals surface area contributed by atoms with E-state index in [2.05, 4.69) is 0 Å². The predicted molar refractivity (Wildman–Crippen MR) is 46.7 cm³/mol. The van der Waals surface area contributed by atoms with Gasteiger partial charge in [-0.25, -0.2) is 8.78 Å². The molecule has 0 amide bonds.